The molecular formula is C14H12N3O4S2. The highest BCUT2D eigenvalue weighted by Gasteiger charge is 2.19. The largest absolute Gasteiger partial charge is 0.277 e. The van der Waals surface area contributed by atoms with Crippen LogP contribution in [0.1, 0.15) is 5.56 Å². The molecule has 7 nitrogen and oxygen atoms in total. The Bertz CT molecular complexity index is 995. The van der Waals surface area contributed by atoms with Crippen LogP contribution in [0.4, 0.5) is 11.4 Å². The molecule has 0 amide bonds. The van der Waals surface area contributed by atoms with Gasteiger partial charge in [0.15, 0.2) is 0 Å². The van der Waals surface area contributed by atoms with E-state index in [1.54, 1.807) is 24.4 Å². The van der Waals surface area contributed by atoms with Gasteiger partial charge in [0.1, 0.15) is 0 Å². The number of sulfonamides is 2. The van der Waals surface area contributed by atoms with Crippen LogP contribution in [0, 0.1) is 0 Å². The van der Waals surface area contributed by atoms with E-state index in [0.29, 0.717) is 11.4 Å². The van der Waals surface area contributed by atoms with Crippen molar-refractivity contribution in [1.82, 2.24) is 5.32 Å². The number of anilines is 1. The smallest absolute Gasteiger partial charge is 0.261 e. The number of fused-ring (bicyclic) bond motifs is 1. The molecule has 0 unspecified atom stereocenters. The summed E-state index contributed by atoms with van der Waals surface area (Å²) >= 11 is 0. The lowest BCUT2D eigenvalue weighted by Crippen LogP contribution is -2.15. The van der Waals surface area contributed by atoms with Crippen molar-refractivity contribution in [2.45, 2.75) is 9.79 Å². The monoisotopic (exact) mass is 350 g/mol. The Balaban J connectivity index is 1.93. The van der Waals surface area contributed by atoms with Crippen molar-refractivity contribution in [1.29, 1.82) is 0 Å². The highest BCUT2D eigenvalue weighted by Crippen LogP contribution is 2.32. The van der Waals surface area contributed by atoms with Gasteiger partial charge < -0.3 is 0 Å². The van der Waals surface area contributed by atoms with Crippen LogP contribution in [-0.2, 0) is 20.0 Å². The number of hydrogen-bond donors (Lipinski definition) is 2. The molecule has 0 saturated heterocycles. The third-order valence-electron chi connectivity index (χ3n) is 3.23. The van der Waals surface area contributed by atoms with Gasteiger partial charge in [-0.25, -0.2) is 22.0 Å². The van der Waals surface area contributed by atoms with Crippen LogP contribution in [0.15, 0.2) is 58.5 Å². The highest BCUT2D eigenvalue weighted by atomic mass is 32.2. The summed E-state index contributed by atoms with van der Waals surface area (Å²) in [6.45, 7) is 0. The summed E-state index contributed by atoms with van der Waals surface area (Å²) in [7, 11) is -7.74. The van der Waals surface area contributed by atoms with E-state index in [4.69, 9.17) is 5.14 Å². The zero-order valence-electron chi connectivity index (χ0n) is 11.7. The Morgan fingerprint density at radius 3 is 2.22 bits per heavy atom. The molecule has 1 heterocycles. The molecule has 0 atom stereocenters. The van der Waals surface area contributed by atoms with E-state index in [2.05, 4.69) is 10.0 Å². The van der Waals surface area contributed by atoms with Gasteiger partial charge in [-0.1, -0.05) is 12.1 Å². The van der Waals surface area contributed by atoms with Crippen LogP contribution in [0.3, 0.4) is 0 Å². The normalized spacial score (nSPS) is 13.4. The second-order valence-electron chi connectivity index (χ2n) is 4.81. The van der Waals surface area contributed by atoms with Gasteiger partial charge >= 0.3 is 0 Å². The van der Waals surface area contributed by atoms with Gasteiger partial charge in [-0.15, -0.1) is 0 Å². The zero-order chi connectivity index (χ0) is 16.7. The fraction of sp³-hybridized carbons (Fsp3) is 0. The molecule has 3 rings (SSSR count). The van der Waals surface area contributed by atoms with Crippen LogP contribution >= 0.6 is 0 Å². The number of nitrogens with zero attached hydrogens (tertiary/aromatic N) is 1. The lowest BCUT2D eigenvalue weighted by Gasteiger charge is -2.11. The van der Waals surface area contributed by atoms with Crippen molar-refractivity contribution in [3.05, 3.63) is 54.2 Å². The van der Waals surface area contributed by atoms with E-state index in [9.17, 15) is 16.8 Å². The number of para-hydroxylation sites is 1. The Kier molecular flexibility index (Phi) is 3.63. The number of nitrogens with one attached hydrogen (secondary N) is 1. The molecule has 0 bridgehead atoms. The number of nitrogens with two attached hydrogens (primary N) is 1. The molecule has 0 fully saturated rings. The maximum Gasteiger partial charge on any atom is 0.261 e. The molecule has 3 N–H and O–H groups in total. The molecule has 1 aliphatic rings. The summed E-state index contributed by atoms with van der Waals surface area (Å²) in [5, 5.41) is 9.11. The second-order valence-corrected chi connectivity index (χ2v) is 8.05. The van der Waals surface area contributed by atoms with Gasteiger partial charge in [0, 0.05) is 11.8 Å². The van der Waals surface area contributed by atoms with Crippen LogP contribution < -0.4 is 15.2 Å². The van der Waals surface area contributed by atoms with Gasteiger partial charge in [0.2, 0.25) is 10.0 Å². The molecule has 9 heteroatoms. The van der Waals surface area contributed by atoms with Crippen molar-refractivity contribution in [3.63, 3.8) is 0 Å². The van der Waals surface area contributed by atoms with Gasteiger partial charge in [0.05, 0.1) is 21.2 Å². The molecular weight excluding hydrogens is 338 g/mol. The number of hydrogen-bond acceptors (Lipinski definition) is 4. The average molecular weight is 350 g/mol. The Hall–Kier alpha value is -2.36. The Labute approximate surface area is 133 Å². The Morgan fingerprint density at radius 2 is 1.57 bits per heavy atom. The fourth-order valence-corrected chi connectivity index (χ4v) is 3.71. The quantitative estimate of drug-likeness (QED) is 0.864. The van der Waals surface area contributed by atoms with E-state index < -0.39 is 20.0 Å². The topological polar surface area (TPSA) is 120 Å². The number of rotatable bonds is 4. The molecule has 0 aliphatic carbocycles. The van der Waals surface area contributed by atoms with E-state index in [0.717, 1.165) is 17.7 Å². The molecule has 2 aromatic carbocycles. The summed E-state index contributed by atoms with van der Waals surface area (Å²) in [6, 6.07) is 9.79. The minimum Gasteiger partial charge on any atom is -0.277 e. The van der Waals surface area contributed by atoms with Crippen LogP contribution in [0.2, 0.25) is 0 Å². The second kappa shape index (κ2) is 5.37. The summed E-state index contributed by atoms with van der Waals surface area (Å²) in [6.07, 6.45) is 3.36. The fourth-order valence-electron chi connectivity index (χ4n) is 2.13. The van der Waals surface area contributed by atoms with Crippen molar-refractivity contribution in [2.75, 3.05) is 4.72 Å². The summed E-state index contributed by atoms with van der Waals surface area (Å²) < 4.78 is 49.7. The van der Waals surface area contributed by atoms with Gasteiger partial charge in [0.25, 0.3) is 10.0 Å². The van der Waals surface area contributed by atoms with Crippen LogP contribution in [0.25, 0.3) is 6.08 Å². The predicted octanol–water partition coefficient (Wildman–Crippen LogP) is 1.35. The molecule has 2 aromatic rings. The van der Waals surface area contributed by atoms with Gasteiger partial charge in [-0.2, -0.15) is 0 Å². The van der Waals surface area contributed by atoms with Crippen LogP contribution in [-0.4, -0.2) is 16.8 Å². The molecule has 119 valence electrons. The van der Waals surface area contributed by atoms with E-state index in [-0.39, 0.29) is 9.79 Å². The number of benzene rings is 2. The van der Waals surface area contributed by atoms with Crippen LogP contribution in [0.5, 0.6) is 0 Å². The minimum absolute atomic E-state index is 0.0755. The summed E-state index contributed by atoms with van der Waals surface area (Å²) in [5.74, 6) is 0. The average Bonchev–Trinajstić information content (AvgIpc) is 2.96. The SMILES string of the molecule is NS(=O)(=O)c1ccc(S(=O)(=O)Nc2cccc3c2[N]C=C3)cc1. The maximum absolute atomic E-state index is 12.4. The van der Waals surface area contributed by atoms with E-state index in [1.807, 2.05) is 6.07 Å². The first-order valence-electron chi connectivity index (χ1n) is 6.43. The zero-order valence-corrected chi connectivity index (χ0v) is 13.3. The molecule has 0 saturated carbocycles. The maximum atomic E-state index is 12.4. The standard InChI is InChI=1S/C14H12N3O4S2/c15-22(18,19)11-4-6-12(7-5-11)23(20,21)17-13-3-1-2-10-8-9-16-14(10)13/h1-9,17H,(H2,15,18,19). The molecule has 0 spiro atoms. The first kappa shape index (κ1) is 15.5. The Morgan fingerprint density at radius 1 is 0.913 bits per heavy atom. The lowest BCUT2D eigenvalue weighted by molar-refractivity contribution is 0.595. The van der Waals surface area contributed by atoms with Gasteiger partial charge in [-0.05, 0) is 36.4 Å². The van der Waals surface area contributed by atoms with Crippen molar-refractivity contribution in [3.8, 4) is 0 Å². The first-order valence-corrected chi connectivity index (χ1v) is 9.46. The molecule has 1 aliphatic heterocycles. The highest BCUT2D eigenvalue weighted by molar-refractivity contribution is 7.92. The van der Waals surface area contributed by atoms with Gasteiger partial charge in [-0.3, -0.25) is 10.0 Å². The van der Waals surface area contributed by atoms with Crippen molar-refractivity contribution < 1.29 is 16.8 Å². The minimum atomic E-state index is -3.87. The summed E-state index contributed by atoms with van der Waals surface area (Å²) in [5.41, 5.74) is 1.70. The predicted molar refractivity (Wildman–Crippen MR) is 85.9 cm³/mol. The molecule has 1 radical (unpaired) electrons. The molecule has 0 aromatic heterocycles. The van der Waals surface area contributed by atoms with E-state index >= 15 is 0 Å². The van der Waals surface area contributed by atoms with E-state index in [1.165, 1.54) is 12.1 Å². The van der Waals surface area contributed by atoms with Crippen molar-refractivity contribution >= 4 is 37.5 Å². The third kappa shape index (κ3) is 3.07. The molecule has 23 heavy (non-hydrogen) atoms. The number of primary sulfonamides is 1. The third-order valence-corrected chi connectivity index (χ3v) is 5.54. The summed E-state index contributed by atoms with van der Waals surface area (Å²) in [4.78, 5) is -0.232. The lowest BCUT2D eigenvalue weighted by atomic mass is 10.2. The first-order chi connectivity index (χ1) is 10.8. The van der Waals surface area contributed by atoms with Crippen molar-refractivity contribution in [2.24, 2.45) is 5.14 Å².